The highest BCUT2D eigenvalue weighted by Crippen LogP contribution is 2.21. The number of amides is 3. The van der Waals surface area contributed by atoms with Gasteiger partial charge in [0, 0.05) is 19.6 Å². The first kappa shape index (κ1) is 29.9. The van der Waals surface area contributed by atoms with Gasteiger partial charge in [-0.2, -0.15) is 0 Å². The van der Waals surface area contributed by atoms with Gasteiger partial charge < -0.3 is 20.7 Å². The van der Waals surface area contributed by atoms with Crippen LogP contribution in [0, 0.1) is 21.4 Å². The first-order valence-corrected chi connectivity index (χ1v) is 12.1. The van der Waals surface area contributed by atoms with Crippen LogP contribution < -0.4 is 21.4 Å². The van der Waals surface area contributed by atoms with Crippen LogP contribution in [0.5, 0.6) is 0 Å². The fourth-order valence-electron chi connectivity index (χ4n) is 3.54. The van der Waals surface area contributed by atoms with Crippen molar-refractivity contribution in [3.05, 3.63) is 10.1 Å². The molecule has 1 rings (SSSR count). The van der Waals surface area contributed by atoms with Crippen LogP contribution in [0.4, 0.5) is 4.79 Å². The molecule has 0 unspecified atom stereocenters. The smallest absolute Gasteiger partial charge is 0.410 e. The van der Waals surface area contributed by atoms with Crippen molar-refractivity contribution in [1.82, 2.24) is 26.3 Å². The summed E-state index contributed by atoms with van der Waals surface area (Å²) in [6.07, 6.45) is 2.85. The van der Waals surface area contributed by atoms with Crippen molar-refractivity contribution < 1.29 is 24.2 Å². The van der Waals surface area contributed by atoms with E-state index in [-0.39, 0.29) is 18.9 Å². The largest absolute Gasteiger partial charge is 0.444 e. The fourth-order valence-corrected chi connectivity index (χ4v) is 3.54. The van der Waals surface area contributed by atoms with Crippen molar-refractivity contribution in [1.29, 1.82) is 5.41 Å². The molecule has 200 valence electrons. The predicted octanol–water partition coefficient (Wildman–Crippen LogP) is 1.51. The van der Waals surface area contributed by atoms with E-state index in [1.807, 2.05) is 13.8 Å². The normalized spacial score (nSPS) is 16.7. The average molecular weight is 500 g/mol. The Morgan fingerprint density at radius 1 is 1.14 bits per heavy atom. The van der Waals surface area contributed by atoms with Gasteiger partial charge in [-0.05, 0) is 65.2 Å². The van der Waals surface area contributed by atoms with E-state index >= 15 is 0 Å². The first-order chi connectivity index (χ1) is 16.3. The van der Waals surface area contributed by atoms with Gasteiger partial charge in [-0.15, -0.1) is 0 Å². The zero-order valence-electron chi connectivity index (χ0n) is 21.4. The molecule has 1 fully saturated rings. The Bertz CT molecular complexity index is 753. The Hall–Kier alpha value is -3.12. The van der Waals surface area contributed by atoms with Gasteiger partial charge in [0.25, 0.3) is 5.96 Å². The summed E-state index contributed by atoms with van der Waals surface area (Å²) in [6, 6.07) is -1.59. The molecule has 5 N–H and O–H groups in total. The number of hydrogen-bond donors (Lipinski definition) is 5. The lowest BCUT2D eigenvalue weighted by molar-refractivity contribution is -0.525. The van der Waals surface area contributed by atoms with Crippen LogP contribution >= 0.6 is 0 Å². The lowest BCUT2D eigenvalue weighted by Crippen LogP contribution is -2.57. The van der Waals surface area contributed by atoms with E-state index in [0.29, 0.717) is 31.8 Å². The van der Waals surface area contributed by atoms with Crippen molar-refractivity contribution in [2.24, 2.45) is 5.92 Å². The van der Waals surface area contributed by atoms with E-state index in [1.165, 1.54) is 4.90 Å². The maximum atomic E-state index is 13.2. The molecule has 0 radical (unpaired) electrons. The molecule has 13 nitrogen and oxygen atoms in total. The fraction of sp³-hybridized carbons (Fsp3) is 0.818. The SMILES string of the molecule is CC(C)CCNC(=O)[C@H](CCCNC(=N)N[N+](=O)[O-])NC(=O)[C@H]1CCCCN1C(=O)OC(C)(C)C. The number of nitrogens with one attached hydrogen (secondary N) is 5. The summed E-state index contributed by atoms with van der Waals surface area (Å²) >= 11 is 0. The number of nitrogens with zero attached hydrogens (tertiary/aromatic N) is 2. The molecule has 13 heteroatoms. The molecule has 0 aliphatic carbocycles. The van der Waals surface area contributed by atoms with Crippen molar-refractivity contribution in [2.45, 2.75) is 90.8 Å². The van der Waals surface area contributed by atoms with Crippen molar-refractivity contribution >= 4 is 23.9 Å². The number of carbonyl (C=O) groups is 3. The van der Waals surface area contributed by atoms with Crippen molar-refractivity contribution in [3.8, 4) is 0 Å². The molecule has 0 aromatic heterocycles. The summed E-state index contributed by atoms with van der Waals surface area (Å²) in [6.45, 7) is 10.4. The first-order valence-electron chi connectivity index (χ1n) is 12.1. The summed E-state index contributed by atoms with van der Waals surface area (Å²) in [4.78, 5) is 50.5. The zero-order chi connectivity index (χ0) is 26.6. The zero-order valence-corrected chi connectivity index (χ0v) is 21.4. The summed E-state index contributed by atoms with van der Waals surface area (Å²) in [7, 11) is 0. The van der Waals surface area contributed by atoms with E-state index in [9.17, 15) is 24.5 Å². The minimum absolute atomic E-state index is 0.193. The number of nitro groups is 1. The van der Waals surface area contributed by atoms with Gasteiger partial charge in [-0.3, -0.25) is 19.9 Å². The van der Waals surface area contributed by atoms with E-state index in [2.05, 4.69) is 16.0 Å². The topological polar surface area (TPSA) is 179 Å². The number of likely N-dealkylation sites (tertiary alicyclic amines) is 1. The number of guanidine groups is 1. The second kappa shape index (κ2) is 14.3. The van der Waals surface area contributed by atoms with Crippen LogP contribution in [0.3, 0.4) is 0 Å². The van der Waals surface area contributed by atoms with E-state index in [4.69, 9.17) is 10.1 Å². The monoisotopic (exact) mass is 499 g/mol. The number of hydrazine groups is 1. The maximum Gasteiger partial charge on any atom is 0.410 e. The van der Waals surface area contributed by atoms with E-state index in [1.54, 1.807) is 26.2 Å². The van der Waals surface area contributed by atoms with Crippen molar-refractivity contribution in [2.75, 3.05) is 19.6 Å². The number of piperidine rings is 1. The summed E-state index contributed by atoms with van der Waals surface area (Å²) in [5.41, 5.74) is 1.000. The van der Waals surface area contributed by atoms with Gasteiger partial charge in [-0.25, -0.2) is 14.9 Å². The number of carbonyl (C=O) groups excluding carboxylic acids is 3. The molecule has 1 heterocycles. The molecule has 0 aromatic rings. The van der Waals surface area contributed by atoms with E-state index in [0.717, 1.165) is 19.3 Å². The third kappa shape index (κ3) is 12.2. The molecule has 0 saturated carbocycles. The van der Waals surface area contributed by atoms with Crippen molar-refractivity contribution in [3.63, 3.8) is 0 Å². The standard InChI is InChI=1S/C22H41N7O6/c1-15(2)11-13-24-18(30)16(9-8-12-25-20(23)27-29(33)34)26-19(31)17-10-6-7-14-28(17)21(32)35-22(3,4)5/h15-17H,6-14H2,1-5H3,(H,24,30)(H,26,31)(H3,23,25,27)/t16-,17+/m0/s1. The quantitative estimate of drug-likeness (QED) is 0.0933. The van der Waals surface area contributed by atoms with Crippen LogP contribution in [-0.2, 0) is 14.3 Å². The van der Waals surface area contributed by atoms with Gasteiger partial charge in [0.2, 0.25) is 11.8 Å². The maximum absolute atomic E-state index is 13.2. The Kier molecular flexibility index (Phi) is 12.2. The van der Waals surface area contributed by atoms with Crippen LogP contribution in [0.15, 0.2) is 0 Å². The summed E-state index contributed by atoms with van der Waals surface area (Å²) < 4.78 is 5.46. The molecule has 0 aromatic carbocycles. The second-order valence-electron chi connectivity index (χ2n) is 10.0. The highest BCUT2D eigenvalue weighted by atomic mass is 16.7. The molecule has 1 saturated heterocycles. The molecule has 35 heavy (non-hydrogen) atoms. The highest BCUT2D eigenvalue weighted by Gasteiger charge is 2.36. The minimum Gasteiger partial charge on any atom is -0.444 e. The van der Waals surface area contributed by atoms with E-state index < -0.39 is 40.7 Å². The molecular formula is C22H41N7O6. The number of ether oxygens (including phenoxy) is 1. The third-order valence-corrected chi connectivity index (χ3v) is 5.26. The van der Waals surface area contributed by atoms with Gasteiger partial charge in [0.05, 0.1) is 0 Å². The summed E-state index contributed by atoms with van der Waals surface area (Å²) in [5, 5.41) is 25.1. The highest BCUT2D eigenvalue weighted by molar-refractivity contribution is 5.91. The Morgan fingerprint density at radius 2 is 1.83 bits per heavy atom. The molecule has 3 amide bonds. The van der Waals surface area contributed by atoms with Crippen LogP contribution in [0.1, 0.15) is 73.1 Å². The minimum atomic E-state index is -0.850. The summed E-state index contributed by atoms with van der Waals surface area (Å²) in [5.74, 6) is -0.822. The lowest BCUT2D eigenvalue weighted by Gasteiger charge is -2.36. The molecule has 2 atom stereocenters. The molecule has 0 bridgehead atoms. The van der Waals surface area contributed by atoms with Gasteiger partial charge in [0.15, 0.2) is 5.03 Å². The van der Waals surface area contributed by atoms with Gasteiger partial charge in [-0.1, -0.05) is 19.3 Å². The average Bonchev–Trinajstić information content (AvgIpc) is 2.73. The van der Waals surface area contributed by atoms with Gasteiger partial charge in [0.1, 0.15) is 17.7 Å². The molecule has 0 spiro atoms. The Balaban J connectivity index is 2.81. The molecular weight excluding hydrogens is 458 g/mol. The number of rotatable bonds is 11. The van der Waals surface area contributed by atoms with Crippen LogP contribution in [-0.4, -0.2) is 71.1 Å². The third-order valence-electron chi connectivity index (χ3n) is 5.26. The van der Waals surface area contributed by atoms with Gasteiger partial charge >= 0.3 is 6.09 Å². The Morgan fingerprint density at radius 3 is 2.43 bits per heavy atom. The van der Waals surface area contributed by atoms with Crippen LogP contribution in [0.25, 0.3) is 0 Å². The second-order valence-corrected chi connectivity index (χ2v) is 10.0. The number of hydrogen-bond acceptors (Lipinski definition) is 7. The molecule has 1 aliphatic heterocycles. The lowest BCUT2D eigenvalue weighted by atomic mass is 10.0. The molecule has 1 aliphatic rings. The van der Waals surface area contributed by atoms with Crippen LogP contribution in [0.2, 0.25) is 0 Å². The Labute approximate surface area is 206 Å². The predicted molar refractivity (Wildman–Crippen MR) is 130 cm³/mol.